The molecule has 12 heavy (non-hydrogen) atoms. The molecule has 1 radical (unpaired) electrons. The first-order chi connectivity index (χ1) is 5.29. The van der Waals surface area contributed by atoms with Crippen molar-refractivity contribution < 1.29 is 27.0 Å². The van der Waals surface area contributed by atoms with E-state index in [1.165, 1.54) is 0 Å². The van der Waals surface area contributed by atoms with Crippen molar-refractivity contribution in [1.82, 2.24) is 0 Å². The third kappa shape index (κ3) is 3.82. The van der Waals surface area contributed by atoms with Crippen LogP contribution in [0.15, 0.2) is 30.3 Å². The van der Waals surface area contributed by atoms with Crippen LogP contribution in [-0.4, -0.2) is 11.1 Å². The van der Waals surface area contributed by atoms with E-state index in [1.54, 1.807) is 12.1 Å². The minimum Gasteiger partial charge on any atom is -0.472 e. The fourth-order valence-corrected chi connectivity index (χ4v) is 0.647. The SMILES string of the molecule is O=C(O)C#Cc1ccccc1.[Cu]. The average molecular weight is 210 g/mol. The Kier molecular flexibility index (Phi) is 4.87. The van der Waals surface area contributed by atoms with Gasteiger partial charge < -0.3 is 5.11 Å². The molecular formula is C9H6CuO2. The van der Waals surface area contributed by atoms with E-state index in [2.05, 4.69) is 5.92 Å². The molecule has 0 aliphatic carbocycles. The Morgan fingerprint density at radius 3 is 2.33 bits per heavy atom. The molecule has 0 saturated heterocycles. The van der Waals surface area contributed by atoms with Gasteiger partial charge in [0, 0.05) is 28.6 Å². The van der Waals surface area contributed by atoms with Crippen LogP contribution in [0.3, 0.4) is 0 Å². The molecule has 2 nitrogen and oxygen atoms in total. The van der Waals surface area contributed by atoms with Crippen molar-refractivity contribution in [2.45, 2.75) is 0 Å². The molecule has 0 saturated carbocycles. The number of carboxylic acids is 1. The Hall–Kier alpha value is -1.23. The summed E-state index contributed by atoms with van der Waals surface area (Å²) in [4.78, 5) is 10.00. The smallest absolute Gasteiger partial charge is 0.382 e. The molecule has 0 unspecified atom stereocenters. The molecule has 0 fully saturated rings. The van der Waals surface area contributed by atoms with Gasteiger partial charge in [0.05, 0.1) is 0 Å². The van der Waals surface area contributed by atoms with Gasteiger partial charge in [0.2, 0.25) is 0 Å². The maximum atomic E-state index is 10.00. The van der Waals surface area contributed by atoms with E-state index in [1.807, 2.05) is 24.1 Å². The fraction of sp³-hybridized carbons (Fsp3) is 0. The number of aliphatic carboxylic acids is 1. The van der Waals surface area contributed by atoms with Gasteiger partial charge in [-0.3, -0.25) is 0 Å². The van der Waals surface area contributed by atoms with E-state index in [9.17, 15) is 4.79 Å². The topological polar surface area (TPSA) is 37.3 Å². The second-order valence-corrected chi connectivity index (χ2v) is 1.92. The van der Waals surface area contributed by atoms with Gasteiger partial charge in [-0.05, 0) is 12.1 Å². The molecule has 0 aliphatic rings. The molecule has 1 N–H and O–H groups in total. The first kappa shape index (κ1) is 10.8. The van der Waals surface area contributed by atoms with Gasteiger partial charge in [-0.2, -0.15) is 0 Å². The van der Waals surface area contributed by atoms with Crippen molar-refractivity contribution in [3.63, 3.8) is 0 Å². The summed E-state index contributed by atoms with van der Waals surface area (Å²) in [5, 5.41) is 8.20. The predicted octanol–water partition coefficient (Wildman–Crippen LogP) is 1.12. The van der Waals surface area contributed by atoms with E-state index in [0.717, 1.165) is 5.56 Å². The van der Waals surface area contributed by atoms with Gasteiger partial charge in [0.15, 0.2) is 0 Å². The Labute approximate surface area is 81.1 Å². The number of hydrogen-bond donors (Lipinski definition) is 1. The zero-order chi connectivity index (χ0) is 8.10. The standard InChI is InChI=1S/C9H6O2.Cu/c10-9(11)7-6-8-4-2-1-3-5-8;/h1-5H,(H,10,11);. The van der Waals surface area contributed by atoms with Crippen molar-refractivity contribution in [2.24, 2.45) is 0 Å². The van der Waals surface area contributed by atoms with Crippen molar-refractivity contribution >= 4 is 5.97 Å². The molecule has 0 aliphatic heterocycles. The summed E-state index contributed by atoms with van der Waals surface area (Å²) in [5.74, 6) is 3.42. The van der Waals surface area contributed by atoms with E-state index in [4.69, 9.17) is 5.11 Å². The van der Waals surface area contributed by atoms with Crippen molar-refractivity contribution in [3.8, 4) is 11.8 Å². The Balaban J connectivity index is 0.00000121. The summed E-state index contributed by atoms with van der Waals surface area (Å²) in [6, 6.07) is 9.00. The zero-order valence-corrected chi connectivity index (χ0v) is 6.99. The van der Waals surface area contributed by atoms with Gasteiger partial charge in [-0.25, -0.2) is 4.79 Å². The predicted molar refractivity (Wildman–Crippen MR) is 41.0 cm³/mol. The van der Waals surface area contributed by atoms with E-state index in [0.29, 0.717) is 0 Å². The summed E-state index contributed by atoms with van der Waals surface area (Å²) < 4.78 is 0. The average Bonchev–Trinajstić information content (AvgIpc) is 2.03. The first-order valence-electron chi connectivity index (χ1n) is 3.09. The van der Waals surface area contributed by atoms with Crippen LogP contribution in [0.5, 0.6) is 0 Å². The van der Waals surface area contributed by atoms with Crippen LogP contribution in [0.4, 0.5) is 0 Å². The minimum absolute atomic E-state index is 0. The monoisotopic (exact) mass is 209 g/mol. The second-order valence-electron chi connectivity index (χ2n) is 1.92. The zero-order valence-electron chi connectivity index (χ0n) is 6.04. The number of carbonyl (C=O) groups is 1. The quantitative estimate of drug-likeness (QED) is 0.514. The summed E-state index contributed by atoms with van der Waals surface area (Å²) in [5.41, 5.74) is 0.718. The summed E-state index contributed by atoms with van der Waals surface area (Å²) >= 11 is 0. The molecule has 0 heterocycles. The number of carboxylic acid groups (broad SMARTS) is 1. The molecule has 0 spiro atoms. The number of rotatable bonds is 0. The molecule has 0 atom stereocenters. The maximum Gasteiger partial charge on any atom is 0.382 e. The van der Waals surface area contributed by atoms with E-state index < -0.39 is 5.97 Å². The Morgan fingerprint density at radius 1 is 1.25 bits per heavy atom. The molecule has 1 rings (SSSR count). The Bertz CT molecular complexity index is 308. The second kappa shape index (κ2) is 5.42. The number of hydrogen-bond acceptors (Lipinski definition) is 1. The maximum absolute atomic E-state index is 10.00. The molecule has 65 valence electrons. The van der Waals surface area contributed by atoms with Gasteiger partial charge in [-0.1, -0.05) is 24.1 Å². The van der Waals surface area contributed by atoms with Crippen LogP contribution >= 0.6 is 0 Å². The first-order valence-corrected chi connectivity index (χ1v) is 3.09. The number of benzene rings is 1. The van der Waals surface area contributed by atoms with E-state index >= 15 is 0 Å². The van der Waals surface area contributed by atoms with Gasteiger partial charge in [0.1, 0.15) is 0 Å². The van der Waals surface area contributed by atoms with Crippen LogP contribution < -0.4 is 0 Å². The van der Waals surface area contributed by atoms with Gasteiger partial charge >= 0.3 is 5.97 Å². The summed E-state index contributed by atoms with van der Waals surface area (Å²) in [6.45, 7) is 0. The largest absolute Gasteiger partial charge is 0.472 e. The molecule has 0 amide bonds. The van der Waals surface area contributed by atoms with Crippen LogP contribution in [0, 0.1) is 11.8 Å². The van der Waals surface area contributed by atoms with Crippen molar-refractivity contribution in [1.29, 1.82) is 0 Å². The summed E-state index contributed by atoms with van der Waals surface area (Å²) in [6.07, 6.45) is 0. The molecule has 0 aromatic heterocycles. The molecule has 1 aromatic carbocycles. The van der Waals surface area contributed by atoms with Crippen molar-refractivity contribution in [2.75, 3.05) is 0 Å². The molecule has 0 bridgehead atoms. The third-order valence-electron chi connectivity index (χ3n) is 1.09. The molecular weight excluding hydrogens is 204 g/mol. The molecule has 1 aromatic rings. The van der Waals surface area contributed by atoms with Crippen molar-refractivity contribution in [3.05, 3.63) is 35.9 Å². The van der Waals surface area contributed by atoms with Crippen LogP contribution in [0.1, 0.15) is 5.56 Å². The normalized spacial score (nSPS) is 7.33. The molecule has 3 heteroatoms. The summed E-state index contributed by atoms with van der Waals surface area (Å²) in [7, 11) is 0. The van der Waals surface area contributed by atoms with Crippen LogP contribution in [0.2, 0.25) is 0 Å². The van der Waals surface area contributed by atoms with Gasteiger partial charge in [-0.15, -0.1) is 0 Å². The fourth-order valence-electron chi connectivity index (χ4n) is 0.647. The third-order valence-corrected chi connectivity index (χ3v) is 1.09. The minimum atomic E-state index is -1.10. The van der Waals surface area contributed by atoms with Crippen LogP contribution in [-0.2, 0) is 21.9 Å². The van der Waals surface area contributed by atoms with E-state index in [-0.39, 0.29) is 17.1 Å². The Morgan fingerprint density at radius 2 is 1.83 bits per heavy atom. The van der Waals surface area contributed by atoms with Crippen LogP contribution in [0.25, 0.3) is 0 Å². The van der Waals surface area contributed by atoms with Gasteiger partial charge in [0.25, 0.3) is 0 Å².